The molecule has 1 aromatic rings. The molecule has 0 saturated heterocycles. The summed E-state index contributed by atoms with van der Waals surface area (Å²) >= 11 is 0. The molecule has 0 aliphatic heterocycles. The van der Waals surface area contributed by atoms with Gasteiger partial charge in [0.1, 0.15) is 5.75 Å². The summed E-state index contributed by atoms with van der Waals surface area (Å²) in [7, 11) is 1.57. The fraction of sp³-hybridized carbons (Fsp3) is 0.417. The summed E-state index contributed by atoms with van der Waals surface area (Å²) in [5, 5.41) is 9.02. The van der Waals surface area contributed by atoms with Crippen LogP contribution in [0.2, 0.25) is 0 Å². The highest BCUT2D eigenvalue weighted by molar-refractivity contribution is 5.74. The number of carboxylic acid groups (broad SMARTS) is 1. The van der Waals surface area contributed by atoms with Gasteiger partial charge in [0.25, 0.3) is 0 Å². The highest BCUT2D eigenvalue weighted by Gasteiger charge is 2.19. The minimum absolute atomic E-state index is 0.434. The third-order valence-corrected chi connectivity index (χ3v) is 2.13. The van der Waals surface area contributed by atoms with Gasteiger partial charge in [0.2, 0.25) is 0 Å². The van der Waals surface area contributed by atoms with E-state index in [-0.39, 0.29) is 0 Å². The van der Waals surface area contributed by atoms with Crippen LogP contribution in [-0.2, 0) is 9.53 Å². The summed E-state index contributed by atoms with van der Waals surface area (Å²) in [6.07, 6.45) is -0.106. The van der Waals surface area contributed by atoms with Crippen molar-refractivity contribution in [2.24, 2.45) is 0 Å². The van der Waals surface area contributed by atoms with Crippen LogP contribution in [0, 0.1) is 0 Å². The second-order valence-electron chi connectivity index (χ2n) is 3.36. The van der Waals surface area contributed by atoms with Crippen molar-refractivity contribution in [2.45, 2.75) is 19.4 Å². The van der Waals surface area contributed by atoms with E-state index in [0.29, 0.717) is 17.9 Å². The Labute approximate surface area is 94.8 Å². The van der Waals surface area contributed by atoms with Gasteiger partial charge >= 0.3 is 5.97 Å². The zero-order valence-electron chi connectivity index (χ0n) is 9.47. The van der Waals surface area contributed by atoms with Crippen molar-refractivity contribution in [1.29, 1.82) is 0 Å². The van der Waals surface area contributed by atoms with Gasteiger partial charge in [0.15, 0.2) is 6.10 Å². The Morgan fingerprint density at radius 3 is 2.44 bits per heavy atom. The minimum Gasteiger partial charge on any atom is -0.497 e. The lowest BCUT2D eigenvalue weighted by Crippen LogP contribution is -2.15. The van der Waals surface area contributed by atoms with Crippen molar-refractivity contribution >= 4 is 5.97 Å². The molecule has 0 spiro atoms. The van der Waals surface area contributed by atoms with Crippen LogP contribution in [0.3, 0.4) is 0 Å². The molecule has 0 fully saturated rings. The van der Waals surface area contributed by atoms with Gasteiger partial charge in [-0.2, -0.15) is 0 Å². The number of ether oxygens (including phenoxy) is 2. The molecule has 0 aliphatic carbocycles. The summed E-state index contributed by atoms with van der Waals surface area (Å²) in [5.41, 5.74) is 0.627. The first-order valence-corrected chi connectivity index (χ1v) is 5.17. The van der Waals surface area contributed by atoms with Crippen LogP contribution < -0.4 is 4.74 Å². The number of carboxylic acids is 1. The first-order chi connectivity index (χ1) is 7.69. The number of hydrogen-bond donors (Lipinski definition) is 1. The van der Waals surface area contributed by atoms with E-state index in [4.69, 9.17) is 14.6 Å². The van der Waals surface area contributed by atoms with E-state index in [1.54, 1.807) is 31.4 Å². The van der Waals surface area contributed by atoms with Crippen LogP contribution in [0.4, 0.5) is 0 Å². The molecule has 0 amide bonds. The van der Waals surface area contributed by atoms with E-state index in [0.717, 1.165) is 6.42 Å². The predicted molar refractivity (Wildman–Crippen MR) is 59.6 cm³/mol. The van der Waals surface area contributed by atoms with Gasteiger partial charge in [0, 0.05) is 6.61 Å². The molecule has 1 N–H and O–H groups in total. The molecule has 4 nitrogen and oxygen atoms in total. The summed E-state index contributed by atoms with van der Waals surface area (Å²) < 4.78 is 10.3. The fourth-order valence-electron chi connectivity index (χ4n) is 1.32. The highest BCUT2D eigenvalue weighted by atomic mass is 16.5. The van der Waals surface area contributed by atoms with Gasteiger partial charge in [0.05, 0.1) is 7.11 Å². The first-order valence-electron chi connectivity index (χ1n) is 5.17. The fourth-order valence-corrected chi connectivity index (χ4v) is 1.32. The number of rotatable bonds is 6. The normalized spacial score (nSPS) is 12.1. The summed E-state index contributed by atoms with van der Waals surface area (Å²) in [6, 6.07) is 6.85. The molecular weight excluding hydrogens is 208 g/mol. The number of carbonyl (C=O) groups is 1. The summed E-state index contributed by atoms with van der Waals surface area (Å²) in [4.78, 5) is 11.0. The largest absolute Gasteiger partial charge is 0.497 e. The average molecular weight is 224 g/mol. The first kappa shape index (κ1) is 12.5. The number of aliphatic carboxylic acids is 1. The van der Waals surface area contributed by atoms with E-state index < -0.39 is 12.1 Å². The van der Waals surface area contributed by atoms with E-state index in [2.05, 4.69) is 0 Å². The minimum atomic E-state index is -0.974. The Hall–Kier alpha value is -1.55. The maximum Gasteiger partial charge on any atom is 0.337 e. The number of benzene rings is 1. The third kappa shape index (κ3) is 3.24. The molecule has 0 aromatic heterocycles. The molecule has 1 unspecified atom stereocenters. The van der Waals surface area contributed by atoms with Crippen molar-refractivity contribution in [3.05, 3.63) is 29.8 Å². The van der Waals surface area contributed by atoms with Crippen molar-refractivity contribution < 1.29 is 19.4 Å². The van der Waals surface area contributed by atoms with E-state index in [9.17, 15) is 4.79 Å². The lowest BCUT2D eigenvalue weighted by molar-refractivity contribution is -0.150. The van der Waals surface area contributed by atoms with Crippen molar-refractivity contribution in [3.8, 4) is 5.75 Å². The zero-order valence-corrected chi connectivity index (χ0v) is 9.47. The SMILES string of the molecule is CCCOC(C(=O)O)c1ccc(OC)cc1. The highest BCUT2D eigenvalue weighted by Crippen LogP contribution is 2.21. The molecule has 1 rings (SSSR count). The van der Waals surface area contributed by atoms with Gasteiger partial charge in [-0.1, -0.05) is 19.1 Å². The Bertz CT molecular complexity index is 331. The molecule has 16 heavy (non-hydrogen) atoms. The maximum atomic E-state index is 11.0. The second-order valence-corrected chi connectivity index (χ2v) is 3.36. The second kappa shape index (κ2) is 6.12. The van der Waals surface area contributed by atoms with E-state index in [1.807, 2.05) is 6.92 Å². The Kier molecular flexibility index (Phi) is 4.79. The van der Waals surface area contributed by atoms with Crippen LogP contribution in [0.25, 0.3) is 0 Å². The molecule has 1 aromatic carbocycles. The van der Waals surface area contributed by atoms with Gasteiger partial charge in [-0.15, -0.1) is 0 Å². The third-order valence-electron chi connectivity index (χ3n) is 2.13. The standard InChI is InChI=1S/C12H16O4/c1-3-8-16-11(12(13)14)9-4-6-10(15-2)7-5-9/h4-7,11H,3,8H2,1-2H3,(H,13,14). The van der Waals surface area contributed by atoms with Crippen LogP contribution in [-0.4, -0.2) is 24.8 Å². The molecular formula is C12H16O4. The van der Waals surface area contributed by atoms with Gasteiger partial charge < -0.3 is 14.6 Å². The van der Waals surface area contributed by atoms with E-state index >= 15 is 0 Å². The zero-order chi connectivity index (χ0) is 12.0. The Morgan fingerprint density at radius 2 is 2.00 bits per heavy atom. The molecule has 88 valence electrons. The van der Waals surface area contributed by atoms with Crippen LogP contribution >= 0.6 is 0 Å². The Morgan fingerprint density at radius 1 is 1.38 bits per heavy atom. The van der Waals surface area contributed by atoms with E-state index in [1.165, 1.54) is 0 Å². The molecule has 4 heteroatoms. The maximum absolute atomic E-state index is 11.0. The molecule has 0 aliphatic rings. The lowest BCUT2D eigenvalue weighted by Gasteiger charge is -2.13. The van der Waals surface area contributed by atoms with Gasteiger partial charge in [-0.3, -0.25) is 0 Å². The molecule has 0 radical (unpaired) electrons. The van der Waals surface area contributed by atoms with Gasteiger partial charge in [-0.25, -0.2) is 4.79 Å². The predicted octanol–water partition coefficient (Wildman–Crippen LogP) is 2.25. The summed E-state index contributed by atoms with van der Waals surface area (Å²) in [6.45, 7) is 2.37. The Balaban J connectivity index is 2.79. The lowest BCUT2D eigenvalue weighted by atomic mass is 10.1. The summed E-state index contributed by atoms with van der Waals surface area (Å²) in [5.74, 6) is -0.276. The van der Waals surface area contributed by atoms with Crippen molar-refractivity contribution in [2.75, 3.05) is 13.7 Å². The van der Waals surface area contributed by atoms with Crippen LogP contribution in [0.5, 0.6) is 5.75 Å². The van der Waals surface area contributed by atoms with Crippen molar-refractivity contribution in [3.63, 3.8) is 0 Å². The monoisotopic (exact) mass is 224 g/mol. The topological polar surface area (TPSA) is 55.8 Å². The number of hydrogen-bond acceptors (Lipinski definition) is 3. The molecule has 0 saturated carbocycles. The average Bonchev–Trinajstić information content (AvgIpc) is 2.30. The molecule has 0 heterocycles. The molecule has 0 bridgehead atoms. The van der Waals surface area contributed by atoms with Crippen molar-refractivity contribution in [1.82, 2.24) is 0 Å². The smallest absolute Gasteiger partial charge is 0.337 e. The number of methoxy groups -OCH3 is 1. The van der Waals surface area contributed by atoms with Gasteiger partial charge in [-0.05, 0) is 24.1 Å². The quantitative estimate of drug-likeness (QED) is 0.805. The van der Waals surface area contributed by atoms with Crippen LogP contribution in [0.1, 0.15) is 25.0 Å². The molecule has 1 atom stereocenters. The van der Waals surface area contributed by atoms with Crippen LogP contribution in [0.15, 0.2) is 24.3 Å².